The predicted molar refractivity (Wildman–Crippen MR) is 112 cm³/mol. The number of amides is 1. The summed E-state index contributed by atoms with van der Waals surface area (Å²) in [5.74, 6) is -0.279. The van der Waals surface area contributed by atoms with Gasteiger partial charge in [0.1, 0.15) is 0 Å². The van der Waals surface area contributed by atoms with E-state index < -0.39 is 11.7 Å². The van der Waals surface area contributed by atoms with E-state index in [1.54, 1.807) is 0 Å². The average molecular weight is 418 g/mol. The Hall–Kier alpha value is -2.80. The second-order valence-electron chi connectivity index (χ2n) is 7.44. The molecule has 0 aliphatic carbocycles. The first kappa shape index (κ1) is 21.9. The number of aryl methyl sites for hydroxylation is 1. The quantitative estimate of drug-likeness (QED) is 0.758. The summed E-state index contributed by atoms with van der Waals surface area (Å²) in [5.41, 5.74) is 3.79. The molecule has 1 N–H and O–H groups in total. The number of allylic oxidation sites excluding steroid dienone is 1. The third-order valence-electron chi connectivity index (χ3n) is 5.12. The summed E-state index contributed by atoms with van der Waals surface area (Å²) in [6.45, 7) is 10.8. The number of nitrogens with zero attached hydrogens (tertiary/aromatic N) is 1. The minimum atomic E-state index is -4.38. The van der Waals surface area contributed by atoms with E-state index in [0.29, 0.717) is 24.3 Å². The predicted octanol–water partition coefficient (Wildman–Crippen LogP) is 4.81. The van der Waals surface area contributed by atoms with Gasteiger partial charge >= 0.3 is 6.18 Å². The van der Waals surface area contributed by atoms with Gasteiger partial charge in [-0.15, -0.1) is 0 Å². The zero-order valence-electron chi connectivity index (χ0n) is 17.1. The number of nitrogens with one attached hydrogen (secondary N) is 1. The Bertz CT molecular complexity index is 931. The van der Waals surface area contributed by atoms with Crippen LogP contribution in [-0.4, -0.2) is 32.2 Å². The van der Waals surface area contributed by atoms with Crippen LogP contribution in [0.2, 0.25) is 0 Å². The molecule has 0 radical (unpaired) electrons. The Kier molecular flexibility index (Phi) is 6.51. The largest absolute Gasteiger partial charge is 0.416 e. The molecule has 7 heteroatoms. The van der Waals surface area contributed by atoms with E-state index in [2.05, 4.69) is 16.8 Å². The van der Waals surface area contributed by atoms with Crippen molar-refractivity contribution in [1.29, 1.82) is 0 Å². The van der Waals surface area contributed by atoms with E-state index in [9.17, 15) is 18.0 Å². The molecule has 4 nitrogen and oxygen atoms in total. The van der Waals surface area contributed by atoms with Crippen molar-refractivity contribution in [1.82, 2.24) is 5.32 Å². The van der Waals surface area contributed by atoms with Crippen molar-refractivity contribution in [2.45, 2.75) is 26.6 Å². The number of halogens is 3. The smallest absolute Gasteiger partial charge is 0.378 e. The van der Waals surface area contributed by atoms with Crippen LogP contribution in [-0.2, 0) is 17.5 Å². The highest BCUT2D eigenvalue weighted by molar-refractivity contribution is 6.01. The van der Waals surface area contributed by atoms with Gasteiger partial charge in [-0.05, 0) is 54.8 Å². The van der Waals surface area contributed by atoms with E-state index in [0.717, 1.165) is 47.6 Å². The highest BCUT2D eigenvalue weighted by Gasteiger charge is 2.30. The van der Waals surface area contributed by atoms with Crippen molar-refractivity contribution >= 4 is 17.2 Å². The molecule has 30 heavy (non-hydrogen) atoms. The van der Waals surface area contributed by atoms with Gasteiger partial charge in [0, 0.05) is 30.9 Å². The van der Waals surface area contributed by atoms with E-state index in [4.69, 9.17) is 4.74 Å². The SMILES string of the molecule is C=C(C)c1cc(N2CCOCC2)cc(C)c1C(=O)NCc1ccc(C(F)(F)F)cc1. The molecule has 0 spiro atoms. The van der Waals surface area contributed by atoms with Gasteiger partial charge in [-0.1, -0.05) is 24.3 Å². The molecule has 1 saturated heterocycles. The van der Waals surface area contributed by atoms with Crippen LogP contribution < -0.4 is 10.2 Å². The second kappa shape index (κ2) is 8.92. The fourth-order valence-electron chi connectivity index (χ4n) is 3.49. The van der Waals surface area contributed by atoms with Gasteiger partial charge in [0.25, 0.3) is 5.91 Å². The Labute approximate surface area is 174 Å². The standard InChI is InChI=1S/C23H25F3N2O2/c1-15(2)20-13-19(28-8-10-30-11-9-28)12-16(3)21(20)22(29)27-14-17-4-6-18(7-5-17)23(24,25)26/h4-7,12-13H,1,8-11,14H2,2-3H3,(H,27,29). The van der Waals surface area contributed by atoms with Crippen LogP contribution >= 0.6 is 0 Å². The molecule has 2 aromatic carbocycles. The molecule has 0 unspecified atom stereocenters. The van der Waals surface area contributed by atoms with Crippen LogP contribution in [0.5, 0.6) is 0 Å². The van der Waals surface area contributed by atoms with E-state index in [-0.39, 0.29) is 12.5 Å². The number of ether oxygens (including phenoxy) is 1. The number of alkyl halides is 3. The maximum Gasteiger partial charge on any atom is 0.416 e. The lowest BCUT2D eigenvalue weighted by molar-refractivity contribution is -0.137. The van der Waals surface area contributed by atoms with Gasteiger partial charge in [0.2, 0.25) is 0 Å². The Morgan fingerprint density at radius 2 is 1.80 bits per heavy atom. The van der Waals surface area contributed by atoms with Crippen molar-refractivity contribution in [3.8, 4) is 0 Å². The lowest BCUT2D eigenvalue weighted by atomic mass is 9.95. The molecule has 0 bridgehead atoms. The van der Waals surface area contributed by atoms with Gasteiger partial charge < -0.3 is 15.0 Å². The lowest BCUT2D eigenvalue weighted by Gasteiger charge is -2.30. The summed E-state index contributed by atoms with van der Waals surface area (Å²) in [5, 5.41) is 2.81. The molecule has 0 atom stereocenters. The highest BCUT2D eigenvalue weighted by Crippen LogP contribution is 2.30. The molecular weight excluding hydrogens is 393 g/mol. The van der Waals surface area contributed by atoms with Crippen molar-refractivity contribution < 1.29 is 22.7 Å². The fourth-order valence-corrected chi connectivity index (χ4v) is 3.49. The molecule has 160 valence electrons. The third-order valence-corrected chi connectivity index (χ3v) is 5.12. The number of morpholine rings is 1. The first-order valence-electron chi connectivity index (χ1n) is 9.74. The Morgan fingerprint density at radius 3 is 2.37 bits per heavy atom. The number of hydrogen-bond donors (Lipinski definition) is 1. The number of carbonyl (C=O) groups is 1. The topological polar surface area (TPSA) is 41.6 Å². The van der Waals surface area contributed by atoms with Gasteiger partial charge in [-0.3, -0.25) is 4.79 Å². The zero-order chi connectivity index (χ0) is 21.9. The molecular formula is C23H25F3N2O2. The maximum absolute atomic E-state index is 12.9. The molecule has 1 aliphatic heterocycles. The highest BCUT2D eigenvalue weighted by atomic mass is 19.4. The van der Waals surface area contributed by atoms with E-state index in [1.165, 1.54) is 12.1 Å². The van der Waals surface area contributed by atoms with Crippen LogP contribution in [0.1, 0.15) is 39.5 Å². The van der Waals surface area contributed by atoms with Gasteiger partial charge in [-0.25, -0.2) is 0 Å². The van der Waals surface area contributed by atoms with Gasteiger partial charge in [0.15, 0.2) is 0 Å². The molecule has 1 amide bonds. The van der Waals surface area contributed by atoms with Gasteiger partial charge in [-0.2, -0.15) is 13.2 Å². The summed E-state index contributed by atoms with van der Waals surface area (Å²) in [7, 11) is 0. The normalized spacial score (nSPS) is 14.5. The summed E-state index contributed by atoms with van der Waals surface area (Å²) < 4.78 is 43.5. The Balaban J connectivity index is 1.78. The van der Waals surface area contributed by atoms with Crippen molar-refractivity contribution in [3.63, 3.8) is 0 Å². The van der Waals surface area contributed by atoms with Crippen LogP contribution in [0.4, 0.5) is 18.9 Å². The molecule has 3 rings (SSSR count). The molecule has 1 heterocycles. The van der Waals surface area contributed by atoms with Crippen LogP contribution in [0.3, 0.4) is 0 Å². The number of rotatable bonds is 5. The summed E-state index contributed by atoms with van der Waals surface area (Å²) in [6.07, 6.45) is -4.38. The van der Waals surface area contributed by atoms with Crippen LogP contribution in [0.15, 0.2) is 43.0 Å². The Morgan fingerprint density at radius 1 is 1.17 bits per heavy atom. The number of benzene rings is 2. The minimum Gasteiger partial charge on any atom is -0.378 e. The average Bonchev–Trinajstić information content (AvgIpc) is 2.71. The summed E-state index contributed by atoms with van der Waals surface area (Å²) in [4.78, 5) is 15.1. The van der Waals surface area contributed by atoms with E-state index >= 15 is 0 Å². The van der Waals surface area contributed by atoms with Crippen molar-refractivity contribution in [2.75, 3.05) is 31.2 Å². The third kappa shape index (κ3) is 5.02. The monoisotopic (exact) mass is 418 g/mol. The zero-order valence-corrected chi connectivity index (χ0v) is 17.1. The number of hydrogen-bond acceptors (Lipinski definition) is 3. The first-order chi connectivity index (χ1) is 14.2. The summed E-state index contributed by atoms with van der Waals surface area (Å²) >= 11 is 0. The molecule has 0 aromatic heterocycles. The fraction of sp³-hybridized carbons (Fsp3) is 0.348. The van der Waals surface area contributed by atoms with Crippen LogP contribution in [0.25, 0.3) is 5.57 Å². The van der Waals surface area contributed by atoms with Crippen molar-refractivity contribution in [3.05, 3.63) is 70.8 Å². The minimum absolute atomic E-state index is 0.136. The molecule has 0 saturated carbocycles. The van der Waals surface area contributed by atoms with Gasteiger partial charge in [0.05, 0.1) is 18.8 Å². The van der Waals surface area contributed by atoms with E-state index in [1.807, 2.05) is 26.0 Å². The number of carbonyl (C=O) groups excluding carboxylic acids is 1. The molecule has 1 aliphatic rings. The maximum atomic E-state index is 12.9. The molecule has 2 aromatic rings. The van der Waals surface area contributed by atoms with Crippen molar-refractivity contribution in [2.24, 2.45) is 0 Å². The molecule has 1 fully saturated rings. The summed E-state index contributed by atoms with van der Waals surface area (Å²) in [6, 6.07) is 8.72. The van der Waals surface area contributed by atoms with Crippen LogP contribution in [0, 0.1) is 6.92 Å². The number of anilines is 1. The lowest BCUT2D eigenvalue weighted by Crippen LogP contribution is -2.36. The second-order valence-corrected chi connectivity index (χ2v) is 7.44. The first-order valence-corrected chi connectivity index (χ1v) is 9.74.